The van der Waals surface area contributed by atoms with Gasteiger partial charge in [-0.3, -0.25) is 0 Å². The molecule has 1 aromatic heterocycles. The number of aryl methyl sites for hydroxylation is 1. The molecule has 1 aliphatic heterocycles. The average Bonchev–Trinajstić information content (AvgIpc) is 2.73. The van der Waals surface area contributed by atoms with Crippen molar-refractivity contribution >= 4 is 0 Å². The van der Waals surface area contributed by atoms with Crippen molar-refractivity contribution in [2.75, 3.05) is 0 Å². The van der Waals surface area contributed by atoms with E-state index >= 15 is 0 Å². The summed E-state index contributed by atoms with van der Waals surface area (Å²) in [4.78, 5) is 4.56. The minimum Gasteiger partial charge on any atom is -0.247 e. The Morgan fingerprint density at radius 1 is 1.44 bits per heavy atom. The number of hydrogen-bond acceptors (Lipinski definition) is 2. The predicted octanol–water partition coefficient (Wildman–Crippen LogP) is 2.91. The van der Waals surface area contributed by atoms with Crippen LogP contribution < -0.4 is 0 Å². The Bertz CT molecular complexity index is 562. The fourth-order valence-electron chi connectivity index (χ4n) is 2.51. The van der Waals surface area contributed by atoms with Crippen LogP contribution in [0.15, 0.2) is 24.3 Å². The lowest BCUT2D eigenvalue weighted by Gasteiger charge is -2.18. The first-order valence-corrected chi connectivity index (χ1v) is 6.41. The van der Waals surface area contributed by atoms with Crippen LogP contribution in [0.2, 0.25) is 0 Å². The third-order valence-electron chi connectivity index (χ3n) is 3.44. The Morgan fingerprint density at radius 2 is 2.33 bits per heavy atom. The van der Waals surface area contributed by atoms with Crippen molar-refractivity contribution in [3.63, 3.8) is 0 Å². The number of nitrogens with zero attached hydrogens (tertiary/aromatic N) is 3. The molecule has 0 fully saturated rings. The van der Waals surface area contributed by atoms with Crippen molar-refractivity contribution in [3.05, 3.63) is 47.3 Å². The molecule has 1 aliphatic rings. The molecule has 1 unspecified atom stereocenters. The van der Waals surface area contributed by atoms with Gasteiger partial charge in [-0.2, -0.15) is 5.10 Å². The van der Waals surface area contributed by atoms with Crippen molar-refractivity contribution in [3.8, 4) is 0 Å². The second kappa shape index (κ2) is 4.52. The molecule has 0 N–H and O–H groups in total. The number of benzene rings is 1. The van der Waals surface area contributed by atoms with Crippen LogP contribution in [0.1, 0.15) is 43.0 Å². The maximum absolute atomic E-state index is 13.1. The zero-order valence-electron chi connectivity index (χ0n) is 10.4. The maximum atomic E-state index is 13.1. The third-order valence-corrected chi connectivity index (χ3v) is 3.44. The third kappa shape index (κ3) is 2.15. The van der Waals surface area contributed by atoms with Gasteiger partial charge in [-0.25, -0.2) is 14.1 Å². The molecule has 0 aliphatic carbocycles. The number of fused-ring (bicyclic) bond motifs is 1. The highest BCUT2D eigenvalue weighted by atomic mass is 19.1. The van der Waals surface area contributed by atoms with Crippen LogP contribution in [0.4, 0.5) is 4.39 Å². The fraction of sp³-hybridized carbons (Fsp3) is 0.429. The van der Waals surface area contributed by atoms with E-state index in [-0.39, 0.29) is 5.82 Å². The topological polar surface area (TPSA) is 30.7 Å². The molecule has 1 atom stereocenters. The Labute approximate surface area is 106 Å². The zero-order chi connectivity index (χ0) is 12.5. The van der Waals surface area contributed by atoms with E-state index in [1.165, 1.54) is 12.5 Å². The fourth-order valence-corrected chi connectivity index (χ4v) is 2.51. The molecule has 18 heavy (non-hydrogen) atoms. The Morgan fingerprint density at radius 3 is 3.11 bits per heavy atom. The van der Waals surface area contributed by atoms with Crippen LogP contribution in [0.3, 0.4) is 0 Å². The van der Waals surface area contributed by atoms with Gasteiger partial charge in [0.15, 0.2) is 5.82 Å². The molecule has 0 spiro atoms. The summed E-state index contributed by atoms with van der Waals surface area (Å²) < 4.78 is 15.1. The van der Waals surface area contributed by atoms with E-state index in [1.807, 2.05) is 10.7 Å². The first-order valence-electron chi connectivity index (χ1n) is 6.41. The largest absolute Gasteiger partial charge is 0.247 e. The molecule has 2 heterocycles. The molecule has 0 bridgehead atoms. The first-order chi connectivity index (χ1) is 8.72. The van der Waals surface area contributed by atoms with Gasteiger partial charge in [0.2, 0.25) is 0 Å². The van der Waals surface area contributed by atoms with Crippen LogP contribution in [-0.2, 0) is 12.8 Å². The highest BCUT2D eigenvalue weighted by molar-refractivity contribution is 5.20. The average molecular weight is 245 g/mol. The molecule has 2 aromatic rings. The molecule has 3 rings (SSSR count). The van der Waals surface area contributed by atoms with Crippen LogP contribution >= 0.6 is 0 Å². The van der Waals surface area contributed by atoms with E-state index < -0.39 is 0 Å². The molecule has 0 saturated carbocycles. The molecule has 94 valence electrons. The van der Waals surface area contributed by atoms with E-state index in [1.54, 1.807) is 12.1 Å². The summed E-state index contributed by atoms with van der Waals surface area (Å²) in [5.41, 5.74) is 0.922. The number of halogens is 1. The summed E-state index contributed by atoms with van der Waals surface area (Å²) in [5.74, 6) is 1.66. The van der Waals surface area contributed by atoms with E-state index in [2.05, 4.69) is 17.0 Å². The lowest BCUT2D eigenvalue weighted by molar-refractivity contribution is 0.387. The summed E-state index contributed by atoms with van der Waals surface area (Å²) in [5, 5.41) is 4.54. The normalized spacial score (nSPS) is 18.7. The van der Waals surface area contributed by atoms with Crippen LogP contribution in [0, 0.1) is 5.82 Å². The van der Waals surface area contributed by atoms with Gasteiger partial charge in [-0.05, 0) is 37.5 Å². The minimum atomic E-state index is -0.204. The van der Waals surface area contributed by atoms with Gasteiger partial charge in [-0.15, -0.1) is 0 Å². The summed E-state index contributed by atoms with van der Waals surface area (Å²) in [6.45, 7) is 2.17. The van der Waals surface area contributed by atoms with E-state index in [0.29, 0.717) is 12.5 Å². The van der Waals surface area contributed by atoms with Gasteiger partial charge in [0.25, 0.3) is 0 Å². The highest BCUT2D eigenvalue weighted by Crippen LogP contribution is 2.22. The monoisotopic (exact) mass is 245 g/mol. The molecular formula is C14H16FN3. The summed E-state index contributed by atoms with van der Waals surface area (Å²) in [6, 6.07) is 7.07. The minimum absolute atomic E-state index is 0.204. The molecular weight excluding hydrogens is 229 g/mol. The maximum Gasteiger partial charge on any atom is 0.155 e. The smallest absolute Gasteiger partial charge is 0.155 e. The standard InChI is InChI=1S/C14H16FN3/c1-10-4-2-7-14-16-13(17-18(10)14)9-11-5-3-6-12(15)8-11/h3,5-6,8,10H,2,4,7,9H2,1H3. The second-order valence-corrected chi connectivity index (χ2v) is 4.94. The quantitative estimate of drug-likeness (QED) is 0.814. The first kappa shape index (κ1) is 11.4. The van der Waals surface area contributed by atoms with Crippen molar-refractivity contribution in [1.82, 2.24) is 14.8 Å². The van der Waals surface area contributed by atoms with Crippen molar-refractivity contribution in [2.45, 2.75) is 38.6 Å². The summed E-state index contributed by atoms with van der Waals surface area (Å²) in [7, 11) is 0. The van der Waals surface area contributed by atoms with Gasteiger partial charge in [0.05, 0.1) is 6.04 Å². The van der Waals surface area contributed by atoms with Crippen LogP contribution in [0.5, 0.6) is 0 Å². The summed E-state index contributed by atoms with van der Waals surface area (Å²) in [6.07, 6.45) is 3.94. The SMILES string of the molecule is CC1CCCc2nc(Cc3cccc(F)c3)nn21. The Hall–Kier alpha value is -1.71. The molecule has 0 amide bonds. The van der Waals surface area contributed by atoms with Crippen molar-refractivity contribution in [1.29, 1.82) is 0 Å². The summed E-state index contributed by atoms with van der Waals surface area (Å²) >= 11 is 0. The number of rotatable bonds is 2. The van der Waals surface area contributed by atoms with E-state index in [9.17, 15) is 4.39 Å². The van der Waals surface area contributed by atoms with E-state index in [4.69, 9.17) is 0 Å². The lowest BCUT2D eigenvalue weighted by Crippen LogP contribution is -2.16. The molecule has 1 aromatic carbocycles. The highest BCUT2D eigenvalue weighted by Gasteiger charge is 2.19. The van der Waals surface area contributed by atoms with Crippen molar-refractivity contribution in [2.24, 2.45) is 0 Å². The van der Waals surface area contributed by atoms with Gasteiger partial charge < -0.3 is 0 Å². The second-order valence-electron chi connectivity index (χ2n) is 4.94. The lowest BCUT2D eigenvalue weighted by atomic mass is 10.1. The Kier molecular flexibility index (Phi) is 2.86. The van der Waals surface area contributed by atoms with Gasteiger partial charge >= 0.3 is 0 Å². The van der Waals surface area contributed by atoms with Crippen molar-refractivity contribution < 1.29 is 4.39 Å². The van der Waals surface area contributed by atoms with Crippen LogP contribution in [-0.4, -0.2) is 14.8 Å². The Balaban J connectivity index is 1.85. The van der Waals surface area contributed by atoms with Gasteiger partial charge in [-0.1, -0.05) is 12.1 Å². The van der Waals surface area contributed by atoms with Crippen LogP contribution in [0.25, 0.3) is 0 Å². The molecule has 0 saturated heterocycles. The zero-order valence-corrected chi connectivity index (χ0v) is 10.4. The van der Waals surface area contributed by atoms with Gasteiger partial charge in [0, 0.05) is 12.8 Å². The molecule has 0 radical (unpaired) electrons. The van der Waals surface area contributed by atoms with Gasteiger partial charge in [0.1, 0.15) is 11.6 Å². The number of aromatic nitrogens is 3. The molecule has 3 nitrogen and oxygen atoms in total. The number of hydrogen-bond donors (Lipinski definition) is 0. The predicted molar refractivity (Wildman–Crippen MR) is 66.9 cm³/mol. The van der Waals surface area contributed by atoms with E-state index in [0.717, 1.165) is 30.1 Å². The molecule has 4 heteroatoms.